The lowest BCUT2D eigenvalue weighted by atomic mass is 10.1. The Kier molecular flexibility index (Phi) is 6.39. The first-order valence-corrected chi connectivity index (χ1v) is 9.27. The first kappa shape index (κ1) is 18.9. The van der Waals surface area contributed by atoms with Crippen LogP contribution in [-0.4, -0.2) is 37.8 Å². The van der Waals surface area contributed by atoms with Gasteiger partial charge < -0.3 is 0 Å². The van der Waals surface area contributed by atoms with Gasteiger partial charge in [0.05, 0.1) is 17.9 Å². The number of tetrazole rings is 1. The molecule has 1 heterocycles. The molecule has 3 aromatic rings. The van der Waals surface area contributed by atoms with Gasteiger partial charge in [0.15, 0.2) is 0 Å². The minimum atomic E-state index is -0.380. The molecule has 0 atom stereocenters. The van der Waals surface area contributed by atoms with Gasteiger partial charge in [0.2, 0.25) is 17.0 Å². The molecule has 10 heteroatoms. The Balaban J connectivity index is 1.47. The molecule has 138 valence electrons. The van der Waals surface area contributed by atoms with Crippen LogP contribution in [0.25, 0.3) is 5.69 Å². The molecular formula is C17H15ClN6O2S. The fourth-order valence-electron chi connectivity index (χ4n) is 2.16. The Bertz CT molecular complexity index is 934. The zero-order valence-corrected chi connectivity index (χ0v) is 15.6. The van der Waals surface area contributed by atoms with Crippen molar-refractivity contribution >= 4 is 35.2 Å². The van der Waals surface area contributed by atoms with Crippen molar-refractivity contribution in [1.29, 1.82) is 0 Å². The van der Waals surface area contributed by atoms with Crippen LogP contribution in [-0.2, 0) is 16.0 Å². The first-order chi connectivity index (χ1) is 13.1. The second-order valence-corrected chi connectivity index (χ2v) is 6.71. The molecule has 0 aliphatic heterocycles. The SMILES string of the molecule is O=C(CSc1nnnn1-c1ccccc1)NNC(=O)Cc1ccccc1Cl. The molecule has 27 heavy (non-hydrogen) atoms. The maximum Gasteiger partial charge on any atom is 0.248 e. The van der Waals surface area contributed by atoms with Crippen LogP contribution < -0.4 is 10.9 Å². The molecule has 0 radical (unpaired) electrons. The number of aromatic nitrogens is 4. The summed E-state index contributed by atoms with van der Waals surface area (Å²) in [4.78, 5) is 23.9. The van der Waals surface area contributed by atoms with Gasteiger partial charge in [-0.1, -0.05) is 59.8 Å². The Morgan fingerprint density at radius 1 is 1.00 bits per heavy atom. The molecule has 2 amide bonds. The Morgan fingerprint density at radius 3 is 2.48 bits per heavy atom. The number of nitrogens with one attached hydrogen (secondary N) is 2. The summed E-state index contributed by atoms with van der Waals surface area (Å²) in [6.45, 7) is 0. The molecule has 0 bridgehead atoms. The van der Waals surface area contributed by atoms with Gasteiger partial charge in [0.1, 0.15) is 0 Å². The minimum Gasteiger partial charge on any atom is -0.273 e. The van der Waals surface area contributed by atoms with Gasteiger partial charge in [-0.25, -0.2) is 0 Å². The van der Waals surface area contributed by atoms with E-state index < -0.39 is 0 Å². The normalized spacial score (nSPS) is 10.4. The third-order valence-electron chi connectivity index (χ3n) is 3.42. The zero-order chi connectivity index (χ0) is 19.1. The van der Waals surface area contributed by atoms with Crippen LogP contribution in [0.1, 0.15) is 5.56 Å². The van der Waals surface area contributed by atoms with E-state index in [1.807, 2.05) is 30.3 Å². The third kappa shape index (κ3) is 5.28. The number of carbonyl (C=O) groups is 2. The summed E-state index contributed by atoms with van der Waals surface area (Å²) in [5, 5.41) is 12.4. The number of amides is 2. The number of para-hydroxylation sites is 1. The lowest BCUT2D eigenvalue weighted by Crippen LogP contribution is -2.43. The maximum atomic E-state index is 12.0. The molecule has 1 aromatic heterocycles. The number of halogens is 1. The fourth-order valence-corrected chi connectivity index (χ4v) is 3.06. The van der Waals surface area contributed by atoms with Crippen molar-refractivity contribution < 1.29 is 9.59 Å². The average molecular weight is 403 g/mol. The topological polar surface area (TPSA) is 102 Å². The van der Waals surface area contributed by atoms with Crippen LogP contribution in [0, 0.1) is 0 Å². The number of hydrogen-bond acceptors (Lipinski definition) is 6. The van der Waals surface area contributed by atoms with Crippen molar-refractivity contribution in [2.45, 2.75) is 11.6 Å². The fraction of sp³-hybridized carbons (Fsp3) is 0.118. The van der Waals surface area contributed by atoms with Crippen LogP contribution in [0.3, 0.4) is 0 Å². The van der Waals surface area contributed by atoms with Crippen LogP contribution >= 0.6 is 23.4 Å². The molecule has 3 rings (SSSR count). The van der Waals surface area contributed by atoms with Crippen LogP contribution in [0.2, 0.25) is 5.02 Å². The lowest BCUT2D eigenvalue weighted by Gasteiger charge is -2.08. The Labute approximate surface area is 164 Å². The van der Waals surface area contributed by atoms with E-state index in [0.29, 0.717) is 15.7 Å². The second kappa shape index (κ2) is 9.15. The van der Waals surface area contributed by atoms with E-state index in [2.05, 4.69) is 26.4 Å². The minimum absolute atomic E-state index is 0.0413. The summed E-state index contributed by atoms with van der Waals surface area (Å²) in [5.74, 6) is -0.703. The van der Waals surface area contributed by atoms with Crippen LogP contribution in [0.15, 0.2) is 59.8 Å². The Hall–Kier alpha value is -2.91. The average Bonchev–Trinajstić information content (AvgIpc) is 3.16. The molecule has 0 saturated carbocycles. The molecule has 0 spiro atoms. The van der Waals surface area contributed by atoms with E-state index in [1.165, 1.54) is 4.68 Å². The highest BCUT2D eigenvalue weighted by atomic mass is 35.5. The summed E-state index contributed by atoms with van der Waals surface area (Å²) < 4.78 is 1.54. The third-order valence-corrected chi connectivity index (χ3v) is 4.71. The molecule has 0 unspecified atom stereocenters. The lowest BCUT2D eigenvalue weighted by molar-refractivity contribution is -0.127. The van der Waals surface area contributed by atoms with E-state index in [0.717, 1.165) is 17.4 Å². The summed E-state index contributed by atoms with van der Waals surface area (Å²) in [6, 6.07) is 16.4. The van der Waals surface area contributed by atoms with Crippen molar-refractivity contribution in [3.8, 4) is 5.69 Å². The van der Waals surface area contributed by atoms with Gasteiger partial charge in [-0.2, -0.15) is 4.68 Å². The standard InChI is InChI=1S/C17H15ClN6O2S/c18-14-9-5-4-6-12(14)10-15(25)19-20-16(26)11-27-17-21-22-23-24(17)13-7-2-1-3-8-13/h1-9H,10-11H2,(H,19,25)(H,20,26). The predicted octanol–water partition coefficient (Wildman–Crippen LogP) is 1.80. The van der Waals surface area contributed by atoms with Crippen LogP contribution in [0.4, 0.5) is 0 Å². The smallest absolute Gasteiger partial charge is 0.248 e. The van der Waals surface area contributed by atoms with Crippen LogP contribution in [0.5, 0.6) is 0 Å². The van der Waals surface area contributed by atoms with Crippen molar-refractivity contribution in [2.24, 2.45) is 0 Å². The summed E-state index contributed by atoms with van der Waals surface area (Å²) in [7, 11) is 0. The largest absolute Gasteiger partial charge is 0.273 e. The van der Waals surface area contributed by atoms with Gasteiger partial charge >= 0.3 is 0 Å². The summed E-state index contributed by atoms with van der Waals surface area (Å²) in [5.41, 5.74) is 6.20. The van der Waals surface area contributed by atoms with Gasteiger partial charge in [-0.3, -0.25) is 20.4 Å². The number of nitrogens with zero attached hydrogens (tertiary/aromatic N) is 4. The van der Waals surface area contributed by atoms with Crippen molar-refractivity contribution in [3.05, 3.63) is 65.2 Å². The number of hydrazine groups is 1. The summed E-state index contributed by atoms with van der Waals surface area (Å²) >= 11 is 7.17. The van der Waals surface area contributed by atoms with Gasteiger partial charge in [-0.15, -0.1) is 5.10 Å². The van der Waals surface area contributed by atoms with Crippen molar-refractivity contribution in [2.75, 3.05) is 5.75 Å². The molecule has 2 N–H and O–H groups in total. The molecular weight excluding hydrogens is 388 g/mol. The van der Waals surface area contributed by atoms with E-state index in [9.17, 15) is 9.59 Å². The molecule has 2 aromatic carbocycles. The second-order valence-electron chi connectivity index (χ2n) is 5.36. The molecule has 0 aliphatic carbocycles. The highest BCUT2D eigenvalue weighted by Gasteiger charge is 2.12. The number of rotatable bonds is 6. The highest BCUT2D eigenvalue weighted by Crippen LogP contribution is 2.17. The first-order valence-electron chi connectivity index (χ1n) is 7.91. The number of thioether (sulfide) groups is 1. The number of carbonyl (C=O) groups excluding carboxylic acids is 2. The number of hydrogen-bond donors (Lipinski definition) is 2. The highest BCUT2D eigenvalue weighted by molar-refractivity contribution is 7.99. The molecule has 0 saturated heterocycles. The maximum absolute atomic E-state index is 12.0. The van der Waals surface area contributed by atoms with E-state index in [1.54, 1.807) is 24.3 Å². The van der Waals surface area contributed by atoms with E-state index >= 15 is 0 Å². The van der Waals surface area contributed by atoms with E-state index in [-0.39, 0.29) is 24.0 Å². The molecule has 0 fully saturated rings. The molecule has 8 nitrogen and oxygen atoms in total. The Morgan fingerprint density at radius 2 is 1.70 bits per heavy atom. The zero-order valence-electron chi connectivity index (χ0n) is 14.0. The van der Waals surface area contributed by atoms with Gasteiger partial charge in [-0.05, 0) is 34.2 Å². The summed E-state index contributed by atoms with van der Waals surface area (Å²) in [6.07, 6.45) is 0.0688. The quantitative estimate of drug-likeness (QED) is 0.481. The van der Waals surface area contributed by atoms with Crippen molar-refractivity contribution in [1.82, 2.24) is 31.1 Å². The van der Waals surface area contributed by atoms with Crippen molar-refractivity contribution in [3.63, 3.8) is 0 Å². The monoisotopic (exact) mass is 402 g/mol. The molecule has 0 aliphatic rings. The van der Waals surface area contributed by atoms with Gasteiger partial charge in [0, 0.05) is 5.02 Å². The number of benzene rings is 2. The predicted molar refractivity (Wildman–Crippen MR) is 101 cm³/mol. The van der Waals surface area contributed by atoms with Gasteiger partial charge in [0.25, 0.3) is 0 Å². The van der Waals surface area contributed by atoms with E-state index in [4.69, 9.17) is 11.6 Å².